The predicted octanol–water partition coefficient (Wildman–Crippen LogP) is -4.14. The van der Waals surface area contributed by atoms with Crippen molar-refractivity contribution in [2.24, 2.45) is 5.14 Å². The number of rotatable bonds is 11. The van der Waals surface area contributed by atoms with Crippen LogP contribution in [0.3, 0.4) is 0 Å². The Morgan fingerprint density at radius 1 is 0.871 bits per heavy atom. The Morgan fingerprint density at radius 3 is 1.81 bits per heavy atom. The fourth-order valence-corrected chi connectivity index (χ4v) is 2.49. The lowest BCUT2D eigenvalue weighted by atomic mass is 10.2. The van der Waals surface area contributed by atoms with Crippen LogP contribution < -0.4 is 26.4 Å². The van der Waals surface area contributed by atoms with E-state index in [0.29, 0.717) is 0 Å². The van der Waals surface area contributed by atoms with E-state index in [1.807, 2.05) is 5.32 Å². The summed E-state index contributed by atoms with van der Waals surface area (Å²) in [4.78, 5) is 57.2. The van der Waals surface area contributed by atoms with Gasteiger partial charge in [0.15, 0.2) is 0 Å². The molecule has 0 spiro atoms. The van der Waals surface area contributed by atoms with Crippen molar-refractivity contribution < 1.29 is 42.6 Å². The molecule has 4 amide bonds. The molecule has 1 rings (SSSR count). The van der Waals surface area contributed by atoms with Crippen LogP contribution in [0.15, 0.2) is 29.2 Å². The molecule has 31 heavy (non-hydrogen) atoms. The van der Waals surface area contributed by atoms with E-state index in [2.05, 4.69) is 16.0 Å². The van der Waals surface area contributed by atoms with E-state index >= 15 is 0 Å². The van der Waals surface area contributed by atoms with Gasteiger partial charge < -0.3 is 31.5 Å². The van der Waals surface area contributed by atoms with Crippen LogP contribution >= 0.6 is 0 Å². The van der Waals surface area contributed by atoms with Crippen LogP contribution in [0.1, 0.15) is 10.4 Å². The van der Waals surface area contributed by atoms with Crippen molar-refractivity contribution in [3.8, 4) is 0 Å². The highest BCUT2D eigenvalue weighted by Gasteiger charge is 2.19. The van der Waals surface area contributed by atoms with Gasteiger partial charge in [0.2, 0.25) is 27.7 Å². The normalized spacial score (nSPS) is 11.7. The molecule has 0 aliphatic heterocycles. The standard InChI is InChI=1S/C16H21N5O9S/c17-31(29,30)10-3-1-9(2-4-10)15(26)20-6-13(24)18-5-12(23)19-7-14(25)21-11(8-22)16(27)28/h1-4,11,22H,5-8H2,(H,18,24)(H,19,23)(H,20,26)(H,21,25)(H,27,28)(H2,17,29,30)/t11-/m0/s1. The number of carboxylic acids is 1. The molecule has 170 valence electrons. The van der Waals surface area contributed by atoms with Gasteiger partial charge in [-0.25, -0.2) is 18.4 Å². The summed E-state index contributed by atoms with van der Waals surface area (Å²) in [6, 6.07) is 3.16. The first-order chi connectivity index (χ1) is 14.4. The molecule has 1 aromatic rings. The average Bonchev–Trinajstić information content (AvgIpc) is 2.71. The van der Waals surface area contributed by atoms with Gasteiger partial charge in [0.25, 0.3) is 5.91 Å². The van der Waals surface area contributed by atoms with Gasteiger partial charge in [-0.1, -0.05) is 0 Å². The third kappa shape index (κ3) is 9.20. The third-order valence-electron chi connectivity index (χ3n) is 3.56. The highest BCUT2D eigenvalue weighted by Crippen LogP contribution is 2.08. The zero-order valence-corrected chi connectivity index (χ0v) is 16.8. The minimum Gasteiger partial charge on any atom is -0.480 e. The fraction of sp³-hybridized carbons (Fsp3) is 0.312. The molecular weight excluding hydrogens is 438 g/mol. The molecule has 0 saturated carbocycles. The predicted molar refractivity (Wildman–Crippen MR) is 103 cm³/mol. The summed E-state index contributed by atoms with van der Waals surface area (Å²) in [7, 11) is -3.90. The molecule has 0 fully saturated rings. The SMILES string of the molecule is NS(=O)(=O)c1ccc(C(=O)NCC(=O)NCC(=O)NCC(=O)N[C@@H](CO)C(=O)O)cc1. The number of carbonyl (C=O) groups is 5. The average molecular weight is 459 g/mol. The number of aliphatic hydroxyl groups excluding tert-OH is 1. The topological polar surface area (TPSA) is 234 Å². The van der Waals surface area contributed by atoms with E-state index in [4.69, 9.17) is 15.4 Å². The van der Waals surface area contributed by atoms with E-state index in [-0.39, 0.29) is 10.5 Å². The molecule has 0 aliphatic rings. The number of amides is 4. The van der Waals surface area contributed by atoms with Crippen LogP contribution in [0.5, 0.6) is 0 Å². The Bertz CT molecular complexity index is 947. The maximum Gasteiger partial charge on any atom is 0.328 e. The molecule has 0 saturated heterocycles. The summed E-state index contributed by atoms with van der Waals surface area (Å²) >= 11 is 0. The Labute approximate surface area is 176 Å². The Morgan fingerprint density at radius 2 is 1.35 bits per heavy atom. The van der Waals surface area contributed by atoms with Gasteiger partial charge in [0, 0.05) is 5.56 Å². The summed E-state index contributed by atoms with van der Waals surface area (Å²) in [5.41, 5.74) is 0.0755. The number of hydrogen-bond acceptors (Lipinski definition) is 8. The molecule has 0 heterocycles. The van der Waals surface area contributed by atoms with E-state index < -0.39 is 71.9 Å². The first kappa shape index (κ1) is 25.5. The zero-order valence-electron chi connectivity index (χ0n) is 16.0. The van der Waals surface area contributed by atoms with Gasteiger partial charge in [-0.3, -0.25) is 19.2 Å². The van der Waals surface area contributed by atoms with Crippen molar-refractivity contribution in [1.82, 2.24) is 21.3 Å². The smallest absolute Gasteiger partial charge is 0.328 e. The number of nitrogens with two attached hydrogens (primary N) is 1. The van der Waals surface area contributed by atoms with Crippen LogP contribution in [0, 0.1) is 0 Å². The van der Waals surface area contributed by atoms with Crippen molar-refractivity contribution in [3.05, 3.63) is 29.8 Å². The second-order valence-electron chi connectivity index (χ2n) is 5.95. The number of carbonyl (C=O) groups excluding carboxylic acids is 4. The van der Waals surface area contributed by atoms with E-state index in [1.54, 1.807) is 0 Å². The highest BCUT2D eigenvalue weighted by atomic mass is 32.2. The van der Waals surface area contributed by atoms with Crippen LogP contribution in [0.25, 0.3) is 0 Å². The molecule has 0 aliphatic carbocycles. The lowest BCUT2D eigenvalue weighted by Crippen LogP contribution is -2.48. The number of aliphatic hydroxyl groups is 1. The van der Waals surface area contributed by atoms with Gasteiger partial charge in [0.1, 0.15) is 6.04 Å². The van der Waals surface area contributed by atoms with Crippen molar-refractivity contribution in [3.63, 3.8) is 0 Å². The molecule has 0 unspecified atom stereocenters. The van der Waals surface area contributed by atoms with Crippen molar-refractivity contribution in [2.75, 3.05) is 26.2 Å². The molecule has 15 heteroatoms. The second kappa shape index (κ2) is 11.6. The highest BCUT2D eigenvalue weighted by molar-refractivity contribution is 7.89. The number of nitrogens with one attached hydrogen (secondary N) is 4. The number of benzene rings is 1. The zero-order chi connectivity index (χ0) is 23.6. The molecule has 1 atom stereocenters. The van der Waals surface area contributed by atoms with E-state index in [0.717, 1.165) is 12.1 Å². The number of primary sulfonamides is 1. The van der Waals surface area contributed by atoms with Crippen LogP contribution in [0.4, 0.5) is 0 Å². The van der Waals surface area contributed by atoms with Crippen molar-refractivity contribution in [2.45, 2.75) is 10.9 Å². The van der Waals surface area contributed by atoms with Crippen LogP contribution in [-0.2, 0) is 29.2 Å². The summed E-state index contributed by atoms with van der Waals surface area (Å²) < 4.78 is 22.3. The lowest BCUT2D eigenvalue weighted by molar-refractivity contribution is -0.142. The Kier molecular flexibility index (Phi) is 9.52. The maximum absolute atomic E-state index is 11.9. The van der Waals surface area contributed by atoms with Crippen LogP contribution in [-0.4, -0.2) is 80.5 Å². The minimum absolute atomic E-state index is 0.0755. The maximum atomic E-state index is 11.9. The van der Waals surface area contributed by atoms with Gasteiger partial charge >= 0.3 is 5.97 Å². The monoisotopic (exact) mass is 459 g/mol. The number of sulfonamides is 1. The summed E-state index contributed by atoms with van der Waals surface area (Å²) in [6.07, 6.45) is 0. The van der Waals surface area contributed by atoms with Gasteiger partial charge in [-0.2, -0.15) is 0 Å². The quantitative estimate of drug-likeness (QED) is 0.170. The molecule has 1 aromatic carbocycles. The van der Waals surface area contributed by atoms with Crippen molar-refractivity contribution >= 4 is 39.6 Å². The second-order valence-corrected chi connectivity index (χ2v) is 7.51. The number of carboxylic acid groups (broad SMARTS) is 1. The van der Waals surface area contributed by atoms with Gasteiger partial charge in [0.05, 0.1) is 31.1 Å². The molecule has 0 radical (unpaired) electrons. The first-order valence-corrected chi connectivity index (χ1v) is 10.1. The molecule has 14 nitrogen and oxygen atoms in total. The van der Waals surface area contributed by atoms with Crippen molar-refractivity contribution in [1.29, 1.82) is 0 Å². The van der Waals surface area contributed by atoms with Gasteiger partial charge in [-0.05, 0) is 24.3 Å². The van der Waals surface area contributed by atoms with Crippen LogP contribution in [0.2, 0.25) is 0 Å². The Balaban J connectivity index is 2.35. The summed E-state index contributed by atoms with van der Waals surface area (Å²) in [6.45, 7) is -2.41. The molecule has 0 bridgehead atoms. The number of hydrogen-bond donors (Lipinski definition) is 7. The fourth-order valence-electron chi connectivity index (χ4n) is 1.97. The van der Waals surface area contributed by atoms with E-state index in [1.165, 1.54) is 12.1 Å². The first-order valence-electron chi connectivity index (χ1n) is 8.51. The number of aliphatic carboxylic acids is 1. The molecular formula is C16H21N5O9S. The molecule has 8 N–H and O–H groups in total. The minimum atomic E-state index is -3.90. The summed E-state index contributed by atoms with van der Waals surface area (Å²) in [5, 5.41) is 31.0. The third-order valence-corrected chi connectivity index (χ3v) is 4.49. The van der Waals surface area contributed by atoms with E-state index in [9.17, 15) is 32.4 Å². The summed E-state index contributed by atoms with van der Waals surface area (Å²) in [5.74, 6) is -4.46. The Hall–Kier alpha value is -3.56. The van der Waals surface area contributed by atoms with Gasteiger partial charge in [-0.15, -0.1) is 0 Å². The molecule has 0 aromatic heterocycles. The lowest BCUT2D eigenvalue weighted by Gasteiger charge is -2.12. The largest absolute Gasteiger partial charge is 0.480 e.